The van der Waals surface area contributed by atoms with Gasteiger partial charge in [-0.15, -0.1) is 0 Å². The minimum absolute atomic E-state index is 0.466. The summed E-state index contributed by atoms with van der Waals surface area (Å²) >= 11 is 0. The highest BCUT2D eigenvalue weighted by Gasteiger charge is 2.20. The highest BCUT2D eigenvalue weighted by atomic mass is 19.5. The van der Waals surface area contributed by atoms with Gasteiger partial charge in [0.1, 0.15) is 6.54 Å². The molecule has 0 atom stereocenters. The molecule has 0 N–H and O–H groups in total. The van der Waals surface area contributed by atoms with Crippen LogP contribution in [0.4, 0.5) is 17.3 Å². The van der Waals surface area contributed by atoms with E-state index in [1.807, 2.05) is 30.3 Å². The summed E-state index contributed by atoms with van der Waals surface area (Å²) in [5, 5.41) is 1.97. The molecular weight excluding hydrogens is 237 g/mol. The van der Waals surface area contributed by atoms with Crippen molar-refractivity contribution in [3.63, 3.8) is 0 Å². The molecule has 0 aliphatic carbocycles. The average Bonchev–Trinajstić information content (AvgIpc) is 2.26. The van der Waals surface area contributed by atoms with Gasteiger partial charge >= 0.3 is 13.0 Å². The Balaban J connectivity index is 0.000000249. The second-order valence-corrected chi connectivity index (χ2v) is 3.11. The molecule has 1 aromatic rings. The predicted molar refractivity (Wildman–Crippen MR) is 55.4 cm³/mol. The minimum Gasteiger partial charge on any atom is -0.418 e. The standard InChI is InChI=1S/C9H7N3.BF4/c10-12-8-5-7-3-1-2-4-9(7)11-6-8;2-1(3,4)5/h1-5H,6H2;/q;-1. The van der Waals surface area contributed by atoms with Gasteiger partial charge in [-0.2, -0.15) is 4.79 Å². The smallest absolute Gasteiger partial charge is 0.418 e. The molecule has 1 heterocycles. The van der Waals surface area contributed by atoms with Crippen molar-refractivity contribution < 1.29 is 22.1 Å². The summed E-state index contributed by atoms with van der Waals surface area (Å²) in [4.78, 5) is 7.34. The van der Waals surface area contributed by atoms with Crippen molar-refractivity contribution in [3.05, 3.63) is 40.4 Å². The van der Waals surface area contributed by atoms with Gasteiger partial charge in [0.05, 0.1) is 5.36 Å². The average molecular weight is 244 g/mol. The van der Waals surface area contributed by atoms with Crippen LogP contribution in [0.25, 0.3) is 11.6 Å². The van der Waals surface area contributed by atoms with Gasteiger partial charge in [0.15, 0.2) is 0 Å². The molecule has 0 bridgehead atoms. The van der Waals surface area contributed by atoms with E-state index in [9.17, 15) is 17.3 Å². The molecule has 1 aromatic carbocycles. The minimum atomic E-state index is -6.00. The number of para-hydroxylation sites is 1. The van der Waals surface area contributed by atoms with Gasteiger partial charge in [-0.1, -0.05) is 18.2 Å². The van der Waals surface area contributed by atoms with Gasteiger partial charge in [-0.25, -0.2) is 0 Å². The van der Waals surface area contributed by atoms with E-state index < -0.39 is 7.25 Å². The van der Waals surface area contributed by atoms with Gasteiger partial charge in [0.2, 0.25) is 0 Å². The number of nitrogens with zero attached hydrogens (tertiary/aromatic N) is 3. The maximum Gasteiger partial charge on any atom is 0.673 e. The topological polar surface area (TPSA) is 48.8 Å². The third-order valence-corrected chi connectivity index (χ3v) is 1.80. The fourth-order valence-corrected chi connectivity index (χ4v) is 1.21. The molecule has 90 valence electrons. The number of hydrogen-bond acceptors (Lipinski definition) is 1. The molecule has 2 rings (SSSR count). The predicted octanol–water partition coefficient (Wildman–Crippen LogP) is 1.07. The normalized spacial score (nSPS) is 13.3. The molecule has 0 spiro atoms. The highest BCUT2D eigenvalue weighted by molar-refractivity contribution is 6.50. The van der Waals surface area contributed by atoms with Gasteiger partial charge in [0.25, 0.3) is 0 Å². The summed E-state index contributed by atoms with van der Waals surface area (Å²) in [6.07, 6.45) is 1.84. The Labute approximate surface area is 93.8 Å². The number of halogens is 4. The summed E-state index contributed by atoms with van der Waals surface area (Å²) in [5.41, 5.74) is 9.12. The molecule has 0 aromatic heterocycles. The van der Waals surface area contributed by atoms with Gasteiger partial charge in [-0.3, -0.25) is 4.99 Å². The number of benzene rings is 1. The van der Waals surface area contributed by atoms with Crippen molar-refractivity contribution in [2.75, 3.05) is 6.54 Å². The second kappa shape index (κ2) is 5.40. The lowest BCUT2D eigenvalue weighted by Gasteiger charge is -1.94. The van der Waals surface area contributed by atoms with Gasteiger partial charge in [0, 0.05) is 11.3 Å². The van der Waals surface area contributed by atoms with Crippen LogP contribution in [0.2, 0.25) is 0 Å². The van der Waals surface area contributed by atoms with Crippen molar-refractivity contribution in [1.29, 1.82) is 0 Å². The maximum absolute atomic E-state index is 9.75. The Kier molecular flexibility index (Phi) is 4.17. The number of hydrogen-bond donors (Lipinski definition) is 0. The summed E-state index contributed by atoms with van der Waals surface area (Å²) in [7, 11) is -6.00. The summed E-state index contributed by atoms with van der Waals surface area (Å²) < 4.78 is 39.0. The first-order valence-corrected chi connectivity index (χ1v) is 4.59. The van der Waals surface area contributed by atoms with Crippen molar-refractivity contribution >= 4 is 19.0 Å². The molecule has 1 aliphatic heterocycles. The van der Waals surface area contributed by atoms with Crippen molar-refractivity contribution in [1.82, 2.24) is 0 Å². The Hall–Kier alpha value is -1.95. The zero-order valence-electron chi connectivity index (χ0n) is 8.52. The molecule has 1 aliphatic rings. The maximum atomic E-state index is 9.75. The van der Waals surface area contributed by atoms with E-state index in [1.54, 1.807) is 0 Å². The number of rotatable bonds is 0. The molecule has 17 heavy (non-hydrogen) atoms. The lowest BCUT2D eigenvalue weighted by atomic mass is 10.2. The molecule has 8 heteroatoms. The zero-order valence-corrected chi connectivity index (χ0v) is 8.52. The van der Waals surface area contributed by atoms with Crippen LogP contribution < -0.4 is 10.6 Å². The highest BCUT2D eigenvalue weighted by Crippen LogP contribution is 2.06. The Morgan fingerprint density at radius 1 is 1.18 bits per heavy atom. The Bertz CT molecular complexity index is 554. The first-order chi connectivity index (χ1) is 7.90. The van der Waals surface area contributed by atoms with Crippen LogP contribution >= 0.6 is 0 Å². The van der Waals surface area contributed by atoms with E-state index >= 15 is 0 Å². The molecule has 3 nitrogen and oxygen atoms in total. The third kappa shape index (κ3) is 5.08. The van der Waals surface area contributed by atoms with Crippen molar-refractivity contribution in [2.45, 2.75) is 0 Å². The molecule has 0 amide bonds. The molecule has 0 radical (unpaired) electrons. The van der Waals surface area contributed by atoms with Crippen LogP contribution in [0.15, 0.2) is 29.3 Å². The van der Waals surface area contributed by atoms with Crippen molar-refractivity contribution in [2.24, 2.45) is 4.99 Å². The number of fused-ring (bicyclic) bond motifs is 1. The summed E-state index contributed by atoms with van der Waals surface area (Å²) in [6.45, 7) is 0.466. The fraction of sp³-hybridized carbons (Fsp3) is 0.111. The lowest BCUT2D eigenvalue weighted by molar-refractivity contribution is -0.00356. The molecule has 0 unspecified atom stereocenters. The monoisotopic (exact) mass is 244 g/mol. The van der Waals surface area contributed by atoms with E-state index in [0.29, 0.717) is 12.3 Å². The van der Waals surface area contributed by atoms with Crippen LogP contribution in [-0.4, -0.2) is 24.3 Å². The van der Waals surface area contributed by atoms with E-state index in [0.717, 1.165) is 10.6 Å². The Morgan fingerprint density at radius 2 is 1.76 bits per heavy atom. The first-order valence-electron chi connectivity index (χ1n) is 4.59. The van der Waals surface area contributed by atoms with E-state index in [4.69, 9.17) is 5.53 Å². The Morgan fingerprint density at radius 3 is 2.35 bits per heavy atom. The summed E-state index contributed by atoms with van der Waals surface area (Å²) in [6, 6.07) is 7.77. The summed E-state index contributed by atoms with van der Waals surface area (Å²) in [5.74, 6) is 0. The van der Waals surface area contributed by atoms with Crippen molar-refractivity contribution in [3.8, 4) is 0 Å². The quantitative estimate of drug-likeness (QED) is 0.283. The van der Waals surface area contributed by atoms with E-state index in [2.05, 4.69) is 9.78 Å². The van der Waals surface area contributed by atoms with Crippen LogP contribution in [0, 0.1) is 0 Å². The van der Waals surface area contributed by atoms with E-state index in [1.165, 1.54) is 0 Å². The van der Waals surface area contributed by atoms with Crippen LogP contribution in [0.1, 0.15) is 0 Å². The second-order valence-electron chi connectivity index (χ2n) is 3.11. The van der Waals surface area contributed by atoms with Crippen LogP contribution in [0.5, 0.6) is 0 Å². The van der Waals surface area contributed by atoms with Crippen LogP contribution in [0.3, 0.4) is 0 Å². The fourth-order valence-electron chi connectivity index (χ4n) is 1.21. The molecular formula is C9H7BF4N3-. The van der Waals surface area contributed by atoms with Crippen LogP contribution in [-0.2, 0) is 0 Å². The molecule has 0 saturated heterocycles. The SMILES string of the molecule is F[B-](F)(F)F.[N-]=[N+]=C1C=c2ccccc2=NC1. The zero-order chi connectivity index (χ0) is 12.9. The van der Waals surface area contributed by atoms with E-state index in [-0.39, 0.29) is 0 Å². The third-order valence-electron chi connectivity index (χ3n) is 1.80. The lowest BCUT2D eigenvalue weighted by Crippen LogP contribution is -2.31. The molecule has 0 saturated carbocycles. The molecule has 0 fully saturated rings. The van der Waals surface area contributed by atoms with Gasteiger partial charge in [-0.05, 0) is 6.07 Å². The largest absolute Gasteiger partial charge is 0.673 e. The first kappa shape index (κ1) is 13.1. The van der Waals surface area contributed by atoms with Gasteiger partial charge < -0.3 is 22.8 Å².